The Hall–Kier alpha value is -4.13. The number of ether oxygens (including phenoxy) is 1. The molecule has 0 radical (unpaired) electrons. The summed E-state index contributed by atoms with van der Waals surface area (Å²) in [5, 5.41) is 10.7. The third-order valence-corrected chi connectivity index (χ3v) is 5.13. The highest BCUT2D eigenvalue weighted by Crippen LogP contribution is 2.41. The molecule has 7 nitrogen and oxygen atoms in total. The van der Waals surface area contributed by atoms with Gasteiger partial charge in [-0.15, -0.1) is 0 Å². The van der Waals surface area contributed by atoms with Crippen LogP contribution in [0.5, 0.6) is 0 Å². The molecule has 1 N–H and O–H groups in total. The van der Waals surface area contributed by atoms with E-state index in [1.165, 1.54) is 17.2 Å². The predicted molar refractivity (Wildman–Crippen MR) is 116 cm³/mol. The Kier molecular flexibility index (Phi) is 5.89. The molecular weight excluding hydrogens is 410 g/mol. The van der Waals surface area contributed by atoms with E-state index in [1.54, 1.807) is 54.6 Å². The average molecular weight is 431 g/mol. The first-order chi connectivity index (χ1) is 15.5. The highest BCUT2D eigenvalue weighted by Gasteiger charge is 2.45. The molecular formula is C25H21NO6. The van der Waals surface area contributed by atoms with Crippen LogP contribution in [0.2, 0.25) is 0 Å². The molecule has 0 spiro atoms. The minimum Gasteiger partial charge on any atom is -0.503 e. The van der Waals surface area contributed by atoms with Gasteiger partial charge in [0.15, 0.2) is 11.5 Å². The van der Waals surface area contributed by atoms with Gasteiger partial charge in [-0.2, -0.15) is 0 Å². The minimum absolute atomic E-state index is 0.0242. The van der Waals surface area contributed by atoms with Gasteiger partial charge < -0.3 is 14.3 Å². The van der Waals surface area contributed by atoms with Crippen LogP contribution in [0.15, 0.2) is 88.7 Å². The zero-order chi connectivity index (χ0) is 22.7. The highest BCUT2D eigenvalue weighted by molar-refractivity contribution is 6.20. The summed E-state index contributed by atoms with van der Waals surface area (Å²) >= 11 is 0. The Bertz CT molecular complexity index is 1160. The largest absolute Gasteiger partial charge is 0.503 e. The van der Waals surface area contributed by atoms with E-state index in [9.17, 15) is 19.5 Å². The Morgan fingerprint density at radius 3 is 2.38 bits per heavy atom. The molecule has 1 atom stereocenters. The maximum absolute atomic E-state index is 13.1. The molecule has 162 valence electrons. The maximum Gasteiger partial charge on any atom is 0.338 e. The Morgan fingerprint density at radius 1 is 1.03 bits per heavy atom. The van der Waals surface area contributed by atoms with Crippen LogP contribution in [0.4, 0.5) is 5.69 Å². The molecule has 32 heavy (non-hydrogen) atoms. The van der Waals surface area contributed by atoms with Gasteiger partial charge in [0.05, 0.1) is 30.0 Å². The summed E-state index contributed by atoms with van der Waals surface area (Å²) in [6.07, 6.45) is 2.07. The highest BCUT2D eigenvalue weighted by atomic mass is 16.5. The van der Waals surface area contributed by atoms with E-state index >= 15 is 0 Å². The van der Waals surface area contributed by atoms with Crippen LogP contribution in [0, 0.1) is 0 Å². The molecule has 0 bridgehead atoms. The molecule has 1 aliphatic rings. The SMILES string of the molecule is CCCOC(=O)c1ccc(N2C(=O)C(O)=C(C(=O)c3ccco3)C2c2ccccc2)cc1. The number of hydrogen-bond acceptors (Lipinski definition) is 6. The fourth-order valence-electron chi connectivity index (χ4n) is 3.63. The van der Waals surface area contributed by atoms with Crippen LogP contribution in [-0.2, 0) is 9.53 Å². The predicted octanol–water partition coefficient (Wildman–Crippen LogP) is 4.63. The van der Waals surface area contributed by atoms with E-state index in [-0.39, 0.29) is 11.3 Å². The summed E-state index contributed by atoms with van der Waals surface area (Å²) in [7, 11) is 0. The number of aliphatic hydroxyl groups is 1. The van der Waals surface area contributed by atoms with Gasteiger partial charge in [-0.25, -0.2) is 4.79 Å². The lowest BCUT2D eigenvalue weighted by Gasteiger charge is -2.26. The number of anilines is 1. The number of aliphatic hydroxyl groups excluding tert-OH is 1. The van der Waals surface area contributed by atoms with Crippen LogP contribution < -0.4 is 4.90 Å². The van der Waals surface area contributed by atoms with Crippen molar-refractivity contribution in [2.45, 2.75) is 19.4 Å². The van der Waals surface area contributed by atoms with Crippen LogP contribution >= 0.6 is 0 Å². The van der Waals surface area contributed by atoms with Gasteiger partial charge in [-0.3, -0.25) is 14.5 Å². The fourth-order valence-corrected chi connectivity index (χ4v) is 3.63. The third-order valence-electron chi connectivity index (χ3n) is 5.13. The van der Waals surface area contributed by atoms with Crippen molar-refractivity contribution in [2.75, 3.05) is 11.5 Å². The van der Waals surface area contributed by atoms with Gasteiger partial charge in [0, 0.05) is 5.69 Å². The van der Waals surface area contributed by atoms with E-state index in [0.717, 1.165) is 0 Å². The molecule has 1 aromatic heterocycles. The number of Topliss-reactive ketones (excluding diaryl/α,β-unsaturated/α-hetero) is 1. The summed E-state index contributed by atoms with van der Waals surface area (Å²) in [4.78, 5) is 39.6. The van der Waals surface area contributed by atoms with Crippen LogP contribution in [0.25, 0.3) is 0 Å². The zero-order valence-electron chi connectivity index (χ0n) is 17.4. The van der Waals surface area contributed by atoms with Gasteiger partial charge in [-0.05, 0) is 48.4 Å². The molecule has 4 rings (SSSR count). The van der Waals surface area contributed by atoms with Crippen LogP contribution in [0.1, 0.15) is 45.9 Å². The number of hydrogen-bond donors (Lipinski definition) is 1. The van der Waals surface area contributed by atoms with E-state index in [1.807, 2.05) is 13.0 Å². The maximum atomic E-state index is 13.1. The number of furan rings is 1. The van der Waals surface area contributed by atoms with E-state index in [0.29, 0.717) is 29.8 Å². The molecule has 0 saturated carbocycles. The van der Waals surface area contributed by atoms with E-state index in [2.05, 4.69) is 0 Å². The van der Waals surface area contributed by atoms with E-state index < -0.39 is 29.5 Å². The first-order valence-corrected chi connectivity index (χ1v) is 10.2. The summed E-state index contributed by atoms with van der Waals surface area (Å²) in [5.74, 6) is -2.35. The van der Waals surface area contributed by atoms with Crippen LogP contribution in [0.3, 0.4) is 0 Å². The smallest absolute Gasteiger partial charge is 0.338 e. The van der Waals surface area contributed by atoms with Gasteiger partial charge in [0.25, 0.3) is 5.91 Å². The number of ketones is 1. The monoisotopic (exact) mass is 431 g/mol. The second kappa shape index (κ2) is 8.93. The molecule has 3 aromatic rings. The lowest BCUT2D eigenvalue weighted by molar-refractivity contribution is -0.117. The normalized spacial score (nSPS) is 15.8. The molecule has 0 aliphatic carbocycles. The molecule has 0 fully saturated rings. The number of rotatable bonds is 7. The lowest BCUT2D eigenvalue weighted by atomic mass is 9.95. The number of amides is 1. The standard InChI is InChI=1S/C25H21NO6/c1-2-14-32-25(30)17-10-12-18(13-11-17)26-21(16-7-4-3-5-8-16)20(23(28)24(26)29)22(27)19-9-6-15-31-19/h3-13,15,21,28H,2,14H2,1H3. The summed E-state index contributed by atoms with van der Waals surface area (Å²) in [6.45, 7) is 2.22. The van der Waals surface area contributed by atoms with Crippen molar-refractivity contribution < 1.29 is 28.6 Å². The Balaban J connectivity index is 1.74. The first-order valence-electron chi connectivity index (χ1n) is 10.2. The summed E-state index contributed by atoms with van der Waals surface area (Å²) < 4.78 is 10.4. The number of benzene rings is 2. The van der Waals surface area contributed by atoms with Crippen molar-refractivity contribution in [3.05, 3.63) is 101 Å². The van der Waals surface area contributed by atoms with Crippen molar-refractivity contribution >= 4 is 23.3 Å². The number of nitrogens with zero attached hydrogens (tertiary/aromatic N) is 1. The van der Waals surface area contributed by atoms with Gasteiger partial charge in [0.1, 0.15) is 0 Å². The van der Waals surface area contributed by atoms with E-state index in [4.69, 9.17) is 9.15 Å². The number of esters is 1. The zero-order valence-corrected chi connectivity index (χ0v) is 17.4. The topological polar surface area (TPSA) is 97.0 Å². The summed E-state index contributed by atoms with van der Waals surface area (Å²) in [6, 6.07) is 17.4. The second-order valence-corrected chi connectivity index (χ2v) is 7.24. The number of carbonyl (C=O) groups excluding carboxylic acids is 3. The molecule has 0 saturated heterocycles. The lowest BCUT2D eigenvalue weighted by Crippen LogP contribution is -2.31. The average Bonchev–Trinajstić information content (AvgIpc) is 3.45. The molecule has 1 aliphatic heterocycles. The Labute approximate surface area is 184 Å². The van der Waals surface area contributed by atoms with Crippen molar-refractivity contribution in [1.29, 1.82) is 0 Å². The second-order valence-electron chi connectivity index (χ2n) is 7.24. The van der Waals surface area contributed by atoms with Crippen molar-refractivity contribution in [2.24, 2.45) is 0 Å². The van der Waals surface area contributed by atoms with Crippen molar-refractivity contribution in [3.63, 3.8) is 0 Å². The third kappa shape index (κ3) is 3.80. The van der Waals surface area contributed by atoms with Gasteiger partial charge >= 0.3 is 5.97 Å². The number of carbonyl (C=O) groups is 3. The van der Waals surface area contributed by atoms with Crippen molar-refractivity contribution in [3.8, 4) is 0 Å². The quantitative estimate of drug-likeness (QED) is 0.433. The molecule has 2 aromatic carbocycles. The molecule has 1 amide bonds. The van der Waals surface area contributed by atoms with Gasteiger partial charge in [0.2, 0.25) is 5.78 Å². The molecule has 1 unspecified atom stereocenters. The fraction of sp³-hybridized carbons (Fsp3) is 0.160. The Morgan fingerprint density at radius 2 is 1.75 bits per heavy atom. The van der Waals surface area contributed by atoms with Crippen LogP contribution in [-0.4, -0.2) is 29.4 Å². The minimum atomic E-state index is -0.862. The first kappa shape index (κ1) is 21.1. The summed E-state index contributed by atoms with van der Waals surface area (Å²) in [5.41, 5.74) is 1.34. The van der Waals surface area contributed by atoms with Gasteiger partial charge in [-0.1, -0.05) is 37.3 Å². The molecule has 7 heteroatoms. The van der Waals surface area contributed by atoms with Crippen molar-refractivity contribution in [1.82, 2.24) is 0 Å². The molecule has 2 heterocycles.